The molecule has 37 heavy (non-hydrogen) atoms. The number of fused-ring (bicyclic) bond motifs is 5. The summed E-state index contributed by atoms with van der Waals surface area (Å²) in [6.07, 6.45) is 3.57. The number of anilines is 1. The number of ketones is 1. The lowest BCUT2D eigenvalue weighted by Crippen LogP contribution is -2.44. The van der Waals surface area contributed by atoms with Gasteiger partial charge in [0, 0.05) is 33.9 Å². The van der Waals surface area contributed by atoms with Crippen LogP contribution in [-0.2, 0) is 9.59 Å². The summed E-state index contributed by atoms with van der Waals surface area (Å²) in [5.41, 5.74) is 1.79. The molecule has 3 heterocycles. The van der Waals surface area contributed by atoms with Crippen LogP contribution in [-0.4, -0.2) is 33.5 Å². The van der Waals surface area contributed by atoms with Crippen LogP contribution >= 0.6 is 23.2 Å². The van der Waals surface area contributed by atoms with Crippen molar-refractivity contribution in [2.24, 2.45) is 11.8 Å². The molecule has 1 unspecified atom stereocenters. The van der Waals surface area contributed by atoms with Gasteiger partial charge >= 0.3 is 0 Å². The SMILES string of the molecule is O=C(c1cccc([N+](=O)[O-])c1)[C@@H]1[C@@H]2C(=O)N(c3cc(Cl)cc(Cl)c3)C(=O)[C@@H]2C2c3ccccc3C=CN21. The van der Waals surface area contributed by atoms with Crippen LogP contribution in [0.4, 0.5) is 11.4 Å². The number of nitro groups is 1. The second kappa shape index (κ2) is 8.54. The highest BCUT2D eigenvalue weighted by Gasteiger charge is 2.64. The van der Waals surface area contributed by atoms with Crippen LogP contribution in [0.2, 0.25) is 10.0 Å². The van der Waals surface area contributed by atoms with Crippen molar-refractivity contribution in [3.05, 3.63) is 110 Å². The molecule has 0 aliphatic carbocycles. The maximum atomic E-state index is 13.9. The number of carbonyl (C=O) groups excluding carboxylic acids is 3. The van der Waals surface area contributed by atoms with E-state index in [0.717, 1.165) is 16.0 Å². The molecule has 0 radical (unpaired) electrons. The molecular weight excluding hydrogens is 517 g/mol. The molecule has 2 fully saturated rings. The molecule has 3 aliphatic heterocycles. The predicted octanol–water partition coefficient (Wildman–Crippen LogP) is 5.30. The first-order valence-electron chi connectivity index (χ1n) is 11.4. The number of hydrogen-bond donors (Lipinski definition) is 0. The van der Waals surface area contributed by atoms with Gasteiger partial charge in [0.1, 0.15) is 6.04 Å². The van der Waals surface area contributed by atoms with E-state index in [2.05, 4.69) is 0 Å². The number of hydrogen-bond acceptors (Lipinski definition) is 6. The lowest BCUT2D eigenvalue weighted by Gasteiger charge is -2.35. The Morgan fingerprint density at radius 1 is 0.892 bits per heavy atom. The third-order valence-corrected chi connectivity index (χ3v) is 7.61. The second-order valence-electron chi connectivity index (χ2n) is 9.14. The molecule has 184 valence electrons. The van der Waals surface area contributed by atoms with Crippen LogP contribution < -0.4 is 4.90 Å². The monoisotopic (exact) mass is 533 g/mol. The summed E-state index contributed by atoms with van der Waals surface area (Å²) in [7, 11) is 0. The number of non-ortho nitro benzene ring substituents is 1. The summed E-state index contributed by atoms with van der Waals surface area (Å²) < 4.78 is 0. The standard InChI is InChI=1S/C27H17Cl2N3O5/c28-16-11-17(29)13-19(12-16)31-26(34)21-22(27(31)35)24(25(33)15-5-3-6-18(10-15)32(36)37)30-9-8-14-4-1-2-7-20(14)23(21)30/h1-13,21-24H/t21-,22+,23?,24-/m0/s1. The lowest BCUT2D eigenvalue weighted by molar-refractivity contribution is -0.384. The Kier molecular flexibility index (Phi) is 5.40. The van der Waals surface area contributed by atoms with Crippen LogP contribution in [0.5, 0.6) is 0 Å². The van der Waals surface area contributed by atoms with Crippen LogP contribution in [0.3, 0.4) is 0 Å². The van der Waals surface area contributed by atoms with Crippen molar-refractivity contribution in [1.29, 1.82) is 0 Å². The fourth-order valence-electron chi connectivity index (χ4n) is 5.72. The van der Waals surface area contributed by atoms with E-state index in [1.807, 2.05) is 30.3 Å². The molecule has 0 N–H and O–H groups in total. The van der Waals surface area contributed by atoms with Crippen molar-refractivity contribution >= 4 is 58.3 Å². The Morgan fingerprint density at radius 3 is 2.32 bits per heavy atom. The molecule has 10 heteroatoms. The smallest absolute Gasteiger partial charge is 0.270 e. The molecule has 6 rings (SSSR count). The zero-order valence-corrected chi connectivity index (χ0v) is 20.5. The molecule has 8 nitrogen and oxygen atoms in total. The van der Waals surface area contributed by atoms with Gasteiger partial charge in [0.25, 0.3) is 5.69 Å². The quantitative estimate of drug-likeness (QED) is 0.195. The zero-order valence-electron chi connectivity index (χ0n) is 19.0. The Labute approximate surface area is 220 Å². The first-order valence-corrected chi connectivity index (χ1v) is 12.2. The molecule has 0 aromatic heterocycles. The molecule has 0 bridgehead atoms. The van der Waals surface area contributed by atoms with Gasteiger partial charge in [0.15, 0.2) is 5.78 Å². The van der Waals surface area contributed by atoms with Crippen LogP contribution in [0.1, 0.15) is 27.5 Å². The van der Waals surface area contributed by atoms with Crippen LogP contribution in [0.25, 0.3) is 6.08 Å². The number of carbonyl (C=O) groups is 3. The summed E-state index contributed by atoms with van der Waals surface area (Å²) >= 11 is 12.3. The van der Waals surface area contributed by atoms with Gasteiger partial charge in [-0.1, -0.05) is 59.6 Å². The normalized spacial score (nSPS) is 23.6. The highest BCUT2D eigenvalue weighted by Crippen LogP contribution is 2.54. The topological polar surface area (TPSA) is 101 Å². The molecule has 0 spiro atoms. The van der Waals surface area contributed by atoms with E-state index in [0.29, 0.717) is 0 Å². The molecule has 3 aromatic carbocycles. The average Bonchev–Trinajstić information content (AvgIpc) is 3.35. The number of amides is 2. The van der Waals surface area contributed by atoms with Gasteiger partial charge in [-0.3, -0.25) is 24.5 Å². The highest BCUT2D eigenvalue weighted by molar-refractivity contribution is 6.36. The highest BCUT2D eigenvalue weighted by atomic mass is 35.5. The van der Waals surface area contributed by atoms with Crippen molar-refractivity contribution in [2.75, 3.05) is 4.90 Å². The van der Waals surface area contributed by atoms with Gasteiger partial charge < -0.3 is 4.90 Å². The number of imide groups is 1. The number of halogens is 2. The van der Waals surface area contributed by atoms with Gasteiger partial charge in [-0.25, -0.2) is 4.90 Å². The van der Waals surface area contributed by atoms with Crippen molar-refractivity contribution < 1.29 is 19.3 Å². The Bertz CT molecular complexity index is 1530. The second-order valence-corrected chi connectivity index (χ2v) is 10.0. The minimum Gasteiger partial charge on any atom is -0.358 e. The van der Waals surface area contributed by atoms with E-state index in [-0.39, 0.29) is 27.0 Å². The Balaban J connectivity index is 1.50. The summed E-state index contributed by atoms with van der Waals surface area (Å²) in [5, 5.41) is 11.9. The average molecular weight is 534 g/mol. The van der Waals surface area contributed by atoms with Gasteiger partial charge in [0.05, 0.1) is 28.5 Å². The molecular formula is C27H17Cl2N3O5. The lowest BCUT2D eigenvalue weighted by atomic mass is 9.83. The first-order chi connectivity index (χ1) is 17.8. The van der Waals surface area contributed by atoms with Gasteiger partial charge in [-0.05, 0) is 35.4 Å². The fourth-order valence-corrected chi connectivity index (χ4v) is 6.24. The fraction of sp³-hybridized carbons (Fsp3) is 0.148. The molecule has 4 atom stereocenters. The molecule has 3 aliphatic rings. The zero-order chi connectivity index (χ0) is 26.0. The number of Topliss-reactive ketones (excluding diaryl/α,β-unsaturated/α-hetero) is 1. The summed E-state index contributed by atoms with van der Waals surface area (Å²) in [6, 6.07) is 15.7. The molecule has 2 saturated heterocycles. The molecule has 3 aromatic rings. The summed E-state index contributed by atoms with van der Waals surface area (Å²) in [6.45, 7) is 0. The first kappa shape index (κ1) is 23.4. The number of nitrogens with zero attached hydrogens (tertiary/aromatic N) is 3. The maximum Gasteiger partial charge on any atom is 0.270 e. The minimum atomic E-state index is -1.04. The van der Waals surface area contributed by atoms with Crippen molar-refractivity contribution in [3.63, 3.8) is 0 Å². The van der Waals surface area contributed by atoms with Crippen molar-refractivity contribution in [3.8, 4) is 0 Å². The van der Waals surface area contributed by atoms with E-state index in [1.165, 1.54) is 42.5 Å². The summed E-state index contributed by atoms with van der Waals surface area (Å²) in [5.74, 6) is -3.35. The Hall–Kier alpha value is -4.01. The van der Waals surface area contributed by atoms with Crippen LogP contribution in [0, 0.1) is 22.0 Å². The Morgan fingerprint density at radius 2 is 1.59 bits per heavy atom. The minimum absolute atomic E-state index is 0.0929. The van der Waals surface area contributed by atoms with E-state index in [4.69, 9.17) is 23.2 Å². The van der Waals surface area contributed by atoms with E-state index in [9.17, 15) is 24.5 Å². The maximum absolute atomic E-state index is 13.9. The number of rotatable bonds is 4. The van der Waals surface area contributed by atoms with Crippen molar-refractivity contribution in [1.82, 2.24) is 4.90 Å². The third-order valence-electron chi connectivity index (χ3n) is 7.18. The van der Waals surface area contributed by atoms with E-state index < -0.39 is 46.4 Å². The predicted molar refractivity (Wildman–Crippen MR) is 137 cm³/mol. The van der Waals surface area contributed by atoms with Crippen LogP contribution in [0.15, 0.2) is 72.9 Å². The van der Waals surface area contributed by atoms with E-state index in [1.54, 1.807) is 11.1 Å². The van der Waals surface area contributed by atoms with Gasteiger partial charge in [-0.15, -0.1) is 0 Å². The van der Waals surface area contributed by atoms with Gasteiger partial charge in [-0.2, -0.15) is 0 Å². The molecule has 2 amide bonds. The van der Waals surface area contributed by atoms with Crippen molar-refractivity contribution in [2.45, 2.75) is 12.1 Å². The van der Waals surface area contributed by atoms with Gasteiger partial charge in [0.2, 0.25) is 11.8 Å². The summed E-state index contributed by atoms with van der Waals surface area (Å²) in [4.78, 5) is 55.3. The van der Waals surface area contributed by atoms with E-state index >= 15 is 0 Å². The number of benzene rings is 3. The largest absolute Gasteiger partial charge is 0.358 e. The molecule has 0 saturated carbocycles. The third kappa shape index (κ3) is 3.55. The number of nitro benzene ring substituents is 1.